The highest BCUT2D eigenvalue weighted by molar-refractivity contribution is 6.02. The van der Waals surface area contributed by atoms with E-state index in [9.17, 15) is 9.59 Å². The molecule has 1 aliphatic heterocycles. The highest BCUT2D eigenvalue weighted by Gasteiger charge is 2.27. The number of amides is 2. The van der Waals surface area contributed by atoms with Crippen LogP contribution in [-0.2, 0) is 4.74 Å². The maximum Gasteiger partial charge on any atom is 0.418 e. The molecule has 1 aliphatic rings. The number of piperidine rings is 1. The molecule has 3 aromatic rings. The molecular weight excluding hydrogens is 462 g/mol. The van der Waals surface area contributed by atoms with Gasteiger partial charge >= 0.3 is 12.1 Å². The van der Waals surface area contributed by atoms with Crippen molar-refractivity contribution in [2.45, 2.75) is 52.1 Å². The number of benzene rings is 1. The summed E-state index contributed by atoms with van der Waals surface area (Å²) in [7, 11) is 0. The number of likely N-dealkylation sites (tertiary alicyclic amines) is 1. The average Bonchev–Trinajstić information content (AvgIpc) is 3.55. The highest BCUT2D eigenvalue weighted by atomic mass is 16.6. The Kier molecular flexibility index (Phi) is 8.04. The van der Waals surface area contributed by atoms with E-state index < -0.39 is 11.7 Å². The van der Waals surface area contributed by atoms with Gasteiger partial charge in [-0.05, 0) is 96.1 Å². The van der Waals surface area contributed by atoms with E-state index in [0.717, 1.165) is 26.1 Å². The molecule has 4 rings (SSSR count). The van der Waals surface area contributed by atoms with Gasteiger partial charge < -0.3 is 23.8 Å². The summed E-state index contributed by atoms with van der Waals surface area (Å²) in [5.41, 5.74) is 0.594. The Bertz CT molecular complexity index is 1130. The summed E-state index contributed by atoms with van der Waals surface area (Å²) >= 11 is 0. The standard InChI is InChI=1S/C26H33N5O5/c1-26(2,3)36-25(33)31(17-8-16-30-14-5-4-6-15-30)24-29-28-23(35-24)19-10-12-20(13-11-19)27-22(32)21-9-7-18-34-21/h7,9-13,18H,4-6,8,14-17H2,1-3H3,(H,27,32). The molecule has 0 bridgehead atoms. The summed E-state index contributed by atoms with van der Waals surface area (Å²) in [5.74, 6) is 0.145. The summed E-state index contributed by atoms with van der Waals surface area (Å²) < 4.78 is 16.6. The van der Waals surface area contributed by atoms with E-state index in [1.807, 2.05) is 20.8 Å². The second-order valence-corrected chi connectivity index (χ2v) is 9.79. The molecule has 3 heterocycles. The van der Waals surface area contributed by atoms with Crippen LogP contribution in [0, 0.1) is 0 Å². The third-order valence-electron chi connectivity index (χ3n) is 5.70. The molecule has 10 heteroatoms. The Balaban J connectivity index is 1.43. The summed E-state index contributed by atoms with van der Waals surface area (Å²) in [5, 5.41) is 11.0. The van der Waals surface area contributed by atoms with Crippen LogP contribution in [0.4, 0.5) is 16.5 Å². The number of rotatable bonds is 8. The van der Waals surface area contributed by atoms with Crippen molar-refractivity contribution in [2.24, 2.45) is 0 Å². The lowest BCUT2D eigenvalue weighted by Gasteiger charge is -2.28. The Morgan fingerprint density at radius 2 is 1.83 bits per heavy atom. The number of nitrogens with one attached hydrogen (secondary N) is 1. The fraction of sp³-hybridized carbons (Fsp3) is 0.462. The van der Waals surface area contributed by atoms with E-state index in [4.69, 9.17) is 13.6 Å². The second kappa shape index (κ2) is 11.4. The van der Waals surface area contributed by atoms with Gasteiger partial charge in [-0.1, -0.05) is 11.5 Å². The van der Waals surface area contributed by atoms with Gasteiger partial charge in [0.25, 0.3) is 5.91 Å². The molecule has 1 saturated heterocycles. The van der Waals surface area contributed by atoms with Crippen LogP contribution in [-0.4, -0.2) is 58.9 Å². The molecule has 2 amide bonds. The van der Waals surface area contributed by atoms with Gasteiger partial charge in [0.05, 0.1) is 6.26 Å². The molecule has 1 aromatic carbocycles. The first kappa shape index (κ1) is 25.4. The molecule has 0 atom stereocenters. The maximum atomic E-state index is 12.9. The highest BCUT2D eigenvalue weighted by Crippen LogP contribution is 2.25. The zero-order chi connectivity index (χ0) is 25.5. The van der Waals surface area contributed by atoms with E-state index in [1.54, 1.807) is 36.4 Å². The van der Waals surface area contributed by atoms with Crippen LogP contribution in [0.15, 0.2) is 51.5 Å². The van der Waals surface area contributed by atoms with Crippen LogP contribution < -0.4 is 10.2 Å². The number of carbonyl (C=O) groups is 2. The third kappa shape index (κ3) is 6.94. The third-order valence-corrected chi connectivity index (χ3v) is 5.70. The minimum atomic E-state index is -0.652. The van der Waals surface area contributed by atoms with E-state index >= 15 is 0 Å². The van der Waals surface area contributed by atoms with Crippen molar-refractivity contribution in [3.8, 4) is 11.5 Å². The number of ether oxygens (including phenoxy) is 1. The van der Waals surface area contributed by atoms with Gasteiger partial charge in [-0.15, -0.1) is 5.10 Å². The van der Waals surface area contributed by atoms with Crippen LogP contribution in [0.5, 0.6) is 0 Å². The van der Waals surface area contributed by atoms with Gasteiger partial charge in [0, 0.05) is 17.8 Å². The van der Waals surface area contributed by atoms with Crippen molar-refractivity contribution in [3.63, 3.8) is 0 Å². The fourth-order valence-corrected chi connectivity index (χ4v) is 3.96. The number of nitrogens with zero attached hydrogens (tertiary/aromatic N) is 4. The van der Waals surface area contributed by atoms with Crippen LogP contribution in [0.2, 0.25) is 0 Å². The van der Waals surface area contributed by atoms with Gasteiger partial charge in [-0.25, -0.2) is 9.69 Å². The van der Waals surface area contributed by atoms with Gasteiger partial charge in [0.2, 0.25) is 5.89 Å². The Labute approximate surface area is 210 Å². The quantitative estimate of drug-likeness (QED) is 0.454. The predicted octanol–water partition coefficient (Wildman–Crippen LogP) is 5.20. The van der Waals surface area contributed by atoms with E-state index in [2.05, 4.69) is 20.4 Å². The van der Waals surface area contributed by atoms with Crippen LogP contribution >= 0.6 is 0 Å². The number of anilines is 2. The molecule has 2 aromatic heterocycles. The van der Waals surface area contributed by atoms with E-state index in [-0.39, 0.29) is 23.6 Å². The first-order chi connectivity index (χ1) is 17.3. The first-order valence-electron chi connectivity index (χ1n) is 12.3. The topological polar surface area (TPSA) is 114 Å². The van der Waals surface area contributed by atoms with Crippen molar-refractivity contribution in [3.05, 3.63) is 48.4 Å². The van der Waals surface area contributed by atoms with Crippen molar-refractivity contribution in [1.29, 1.82) is 0 Å². The van der Waals surface area contributed by atoms with Crippen LogP contribution in [0.25, 0.3) is 11.5 Å². The van der Waals surface area contributed by atoms with Crippen molar-refractivity contribution in [2.75, 3.05) is 36.4 Å². The number of hydrogen-bond donors (Lipinski definition) is 1. The fourth-order valence-electron chi connectivity index (χ4n) is 3.96. The number of hydrogen-bond acceptors (Lipinski definition) is 8. The molecule has 0 unspecified atom stereocenters. The summed E-state index contributed by atoms with van der Waals surface area (Å²) in [6, 6.07) is 10.3. The molecule has 1 fully saturated rings. The van der Waals surface area contributed by atoms with Crippen LogP contribution in [0.1, 0.15) is 57.0 Å². The second-order valence-electron chi connectivity index (χ2n) is 9.79. The minimum Gasteiger partial charge on any atom is -0.459 e. The molecule has 0 saturated carbocycles. The van der Waals surface area contributed by atoms with Gasteiger partial charge in [-0.2, -0.15) is 0 Å². The SMILES string of the molecule is CC(C)(C)OC(=O)N(CCCN1CCCCC1)c1nnc(-c2ccc(NC(=O)c3ccco3)cc2)o1. The Morgan fingerprint density at radius 1 is 1.08 bits per heavy atom. The summed E-state index contributed by atoms with van der Waals surface area (Å²) in [6.07, 6.45) is 5.40. The minimum absolute atomic E-state index is 0.0908. The van der Waals surface area contributed by atoms with E-state index in [0.29, 0.717) is 17.8 Å². The summed E-state index contributed by atoms with van der Waals surface area (Å²) in [6.45, 7) is 8.95. The molecule has 10 nitrogen and oxygen atoms in total. The van der Waals surface area contributed by atoms with Gasteiger partial charge in [0.15, 0.2) is 5.76 Å². The van der Waals surface area contributed by atoms with Crippen LogP contribution in [0.3, 0.4) is 0 Å². The van der Waals surface area contributed by atoms with Gasteiger partial charge in [0.1, 0.15) is 5.60 Å². The zero-order valence-electron chi connectivity index (χ0n) is 21.0. The number of aromatic nitrogens is 2. The predicted molar refractivity (Wildman–Crippen MR) is 135 cm³/mol. The molecule has 0 radical (unpaired) electrons. The Morgan fingerprint density at radius 3 is 2.50 bits per heavy atom. The molecule has 0 aliphatic carbocycles. The molecule has 0 spiro atoms. The molecular formula is C26H33N5O5. The first-order valence-corrected chi connectivity index (χ1v) is 12.3. The monoisotopic (exact) mass is 495 g/mol. The largest absolute Gasteiger partial charge is 0.459 e. The smallest absolute Gasteiger partial charge is 0.418 e. The summed E-state index contributed by atoms with van der Waals surface area (Å²) in [4.78, 5) is 28.9. The average molecular weight is 496 g/mol. The van der Waals surface area contributed by atoms with Crippen molar-refractivity contribution < 1.29 is 23.2 Å². The van der Waals surface area contributed by atoms with E-state index in [1.165, 1.54) is 30.4 Å². The lowest BCUT2D eigenvalue weighted by atomic mass is 10.1. The lowest BCUT2D eigenvalue weighted by Crippen LogP contribution is -2.39. The molecule has 192 valence electrons. The number of carbonyl (C=O) groups excluding carboxylic acids is 2. The normalized spacial score (nSPS) is 14.4. The zero-order valence-corrected chi connectivity index (χ0v) is 21.0. The molecule has 36 heavy (non-hydrogen) atoms. The Hall–Kier alpha value is -3.66. The van der Waals surface area contributed by atoms with Crippen molar-refractivity contribution in [1.82, 2.24) is 15.1 Å². The lowest BCUT2D eigenvalue weighted by molar-refractivity contribution is 0.0571. The van der Waals surface area contributed by atoms with Crippen molar-refractivity contribution >= 4 is 23.7 Å². The molecule has 1 N–H and O–H groups in total. The number of furan rings is 1. The van der Waals surface area contributed by atoms with Gasteiger partial charge in [-0.3, -0.25) is 4.79 Å². The maximum absolute atomic E-state index is 12.9.